The zero-order valence-corrected chi connectivity index (χ0v) is 19.2. The van der Waals surface area contributed by atoms with Crippen molar-refractivity contribution in [3.63, 3.8) is 0 Å². The second-order valence-corrected chi connectivity index (χ2v) is 10.3. The van der Waals surface area contributed by atoms with E-state index in [1.165, 1.54) is 24.3 Å². The van der Waals surface area contributed by atoms with E-state index in [9.17, 15) is 23.0 Å². The number of hydrogen-bond donors (Lipinski definition) is 1. The zero-order chi connectivity index (χ0) is 23.8. The molecule has 1 aliphatic rings. The Balaban J connectivity index is 1.68. The van der Waals surface area contributed by atoms with Crippen LogP contribution < -0.4 is 10.0 Å². The van der Waals surface area contributed by atoms with Gasteiger partial charge in [-0.1, -0.05) is 25.1 Å². The third kappa shape index (κ3) is 4.70. The van der Waals surface area contributed by atoms with E-state index in [-0.39, 0.29) is 47.7 Å². The molecule has 4 rings (SSSR count). The highest BCUT2D eigenvalue weighted by Gasteiger charge is 2.28. The van der Waals surface area contributed by atoms with Crippen molar-refractivity contribution in [1.82, 2.24) is 4.90 Å². The van der Waals surface area contributed by atoms with Gasteiger partial charge in [0.15, 0.2) is 0 Å². The predicted octanol–water partition coefficient (Wildman–Crippen LogP) is 4.75. The van der Waals surface area contributed by atoms with Gasteiger partial charge in [-0.25, -0.2) is 8.78 Å². The molecule has 0 saturated heterocycles. The first kappa shape index (κ1) is 23.1. The number of halogens is 2. The molecule has 0 saturated carbocycles. The van der Waals surface area contributed by atoms with Crippen LogP contribution in [0.25, 0.3) is 11.1 Å². The normalized spacial score (nSPS) is 15.2. The van der Waals surface area contributed by atoms with E-state index in [4.69, 9.17) is 4.74 Å². The van der Waals surface area contributed by atoms with Gasteiger partial charge in [0.05, 0.1) is 11.8 Å². The van der Waals surface area contributed by atoms with E-state index in [1.54, 1.807) is 30.0 Å². The number of carbonyl (C=O) groups excluding carboxylic acids is 1. The van der Waals surface area contributed by atoms with E-state index in [0.717, 1.165) is 17.8 Å². The molecule has 0 fully saturated rings. The Morgan fingerprint density at radius 1 is 1.12 bits per heavy atom. The van der Waals surface area contributed by atoms with Gasteiger partial charge in [0.2, 0.25) is 7.37 Å². The molecule has 0 radical (unpaired) electrons. The zero-order valence-electron chi connectivity index (χ0n) is 18.3. The largest absolute Gasteiger partial charge is 0.491 e. The molecule has 3 aromatic carbocycles. The van der Waals surface area contributed by atoms with E-state index in [0.29, 0.717) is 17.9 Å². The van der Waals surface area contributed by atoms with Crippen molar-refractivity contribution >= 4 is 18.6 Å². The summed E-state index contributed by atoms with van der Waals surface area (Å²) in [5, 5.41) is -0.278. The monoisotopic (exact) mass is 471 g/mol. The maximum Gasteiger partial charge on any atom is 0.254 e. The lowest BCUT2D eigenvalue weighted by atomic mass is 10.0. The van der Waals surface area contributed by atoms with Crippen molar-refractivity contribution in [3.8, 4) is 16.9 Å². The van der Waals surface area contributed by atoms with Crippen molar-refractivity contribution in [2.24, 2.45) is 0 Å². The highest BCUT2D eigenvalue weighted by Crippen LogP contribution is 2.37. The Labute approximate surface area is 191 Å². The van der Waals surface area contributed by atoms with E-state index >= 15 is 0 Å². The third-order valence-electron chi connectivity index (χ3n) is 5.74. The summed E-state index contributed by atoms with van der Waals surface area (Å²) in [5.41, 5.74) is 2.53. The Morgan fingerprint density at radius 3 is 2.58 bits per heavy atom. The second-order valence-electron chi connectivity index (χ2n) is 8.07. The molecule has 1 atom stereocenters. The summed E-state index contributed by atoms with van der Waals surface area (Å²) in [4.78, 5) is 24.8. The molecule has 0 aromatic heterocycles. The van der Waals surface area contributed by atoms with Gasteiger partial charge in [-0.05, 0) is 53.9 Å². The summed E-state index contributed by atoms with van der Waals surface area (Å²) in [7, 11) is -3.81. The van der Waals surface area contributed by atoms with Crippen LogP contribution in [0.15, 0.2) is 54.6 Å². The molecule has 5 nitrogen and oxygen atoms in total. The molecule has 0 bridgehead atoms. The number of benzene rings is 3. The SMILES string of the molecule is CCc1c(C(=O)N2CCOc3ccc(-c4cccc(F)c4)cc3C2)ccc(P(C)(=O)O)c1F. The minimum absolute atomic E-state index is 0.118. The smallest absolute Gasteiger partial charge is 0.254 e. The molecule has 172 valence electrons. The Bertz CT molecular complexity index is 1270. The van der Waals surface area contributed by atoms with E-state index in [2.05, 4.69) is 0 Å². The Kier molecular flexibility index (Phi) is 6.37. The van der Waals surface area contributed by atoms with Crippen LogP contribution in [0.5, 0.6) is 5.75 Å². The second kappa shape index (κ2) is 9.08. The average Bonchev–Trinajstić information content (AvgIpc) is 2.99. The molecular weight excluding hydrogens is 447 g/mol. The Morgan fingerprint density at radius 2 is 1.88 bits per heavy atom. The molecule has 0 spiro atoms. The van der Waals surface area contributed by atoms with Gasteiger partial charge in [-0.2, -0.15) is 0 Å². The van der Waals surface area contributed by atoms with Gasteiger partial charge in [0, 0.05) is 29.9 Å². The topological polar surface area (TPSA) is 66.8 Å². The van der Waals surface area contributed by atoms with Crippen molar-refractivity contribution < 1.29 is 27.8 Å². The molecule has 0 aliphatic carbocycles. The van der Waals surface area contributed by atoms with Gasteiger partial charge in [-0.3, -0.25) is 9.36 Å². The first-order valence-corrected chi connectivity index (χ1v) is 12.7. The van der Waals surface area contributed by atoms with Crippen LogP contribution in [-0.2, 0) is 17.5 Å². The molecule has 1 N–H and O–H groups in total. The van der Waals surface area contributed by atoms with Crippen LogP contribution in [0.1, 0.15) is 28.4 Å². The fourth-order valence-corrected chi connectivity index (χ4v) is 4.91. The Hall–Kier alpha value is -3.02. The number of carbonyl (C=O) groups is 1. The average molecular weight is 471 g/mol. The summed E-state index contributed by atoms with van der Waals surface area (Å²) >= 11 is 0. The molecule has 1 amide bonds. The van der Waals surface area contributed by atoms with Gasteiger partial charge in [0.1, 0.15) is 24.0 Å². The highest BCUT2D eigenvalue weighted by atomic mass is 31.2. The summed E-state index contributed by atoms with van der Waals surface area (Å²) < 4.78 is 46.5. The summed E-state index contributed by atoms with van der Waals surface area (Å²) in [6.07, 6.45) is 0.200. The number of hydrogen-bond acceptors (Lipinski definition) is 3. The lowest BCUT2D eigenvalue weighted by molar-refractivity contribution is 0.0731. The first-order valence-electron chi connectivity index (χ1n) is 10.6. The van der Waals surface area contributed by atoms with Crippen LogP contribution in [-0.4, -0.2) is 35.5 Å². The first-order chi connectivity index (χ1) is 15.7. The van der Waals surface area contributed by atoms with Crippen molar-refractivity contribution in [2.45, 2.75) is 19.9 Å². The van der Waals surface area contributed by atoms with Crippen LogP contribution in [0.4, 0.5) is 8.78 Å². The molecular formula is C25H24F2NO4P. The molecule has 3 aromatic rings. The fourth-order valence-electron chi connectivity index (χ4n) is 4.06. The third-order valence-corrected chi connectivity index (χ3v) is 6.98. The maximum atomic E-state index is 15.0. The van der Waals surface area contributed by atoms with E-state index < -0.39 is 13.2 Å². The fraction of sp³-hybridized carbons (Fsp3) is 0.240. The summed E-state index contributed by atoms with van der Waals surface area (Å²) in [5.74, 6) is -0.896. The highest BCUT2D eigenvalue weighted by molar-refractivity contribution is 7.65. The van der Waals surface area contributed by atoms with Gasteiger partial charge < -0.3 is 14.5 Å². The number of ether oxygens (including phenoxy) is 1. The minimum atomic E-state index is -3.81. The van der Waals surface area contributed by atoms with E-state index in [1.807, 2.05) is 12.1 Å². The van der Waals surface area contributed by atoms with Gasteiger partial charge in [0.25, 0.3) is 5.91 Å². The van der Waals surface area contributed by atoms with Crippen molar-refractivity contribution in [2.75, 3.05) is 19.8 Å². The van der Waals surface area contributed by atoms with Gasteiger partial charge in [-0.15, -0.1) is 0 Å². The molecule has 8 heteroatoms. The number of nitrogens with zero attached hydrogens (tertiary/aromatic N) is 1. The van der Waals surface area contributed by atoms with Crippen LogP contribution in [0.2, 0.25) is 0 Å². The lowest BCUT2D eigenvalue weighted by Gasteiger charge is -2.22. The quantitative estimate of drug-likeness (QED) is 0.558. The predicted molar refractivity (Wildman–Crippen MR) is 123 cm³/mol. The maximum absolute atomic E-state index is 15.0. The number of rotatable bonds is 4. The molecule has 1 aliphatic heterocycles. The van der Waals surface area contributed by atoms with Crippen LogP contribution >= 0.6 is 7.37 Å². The molecule has 1 unspecified atom stereocenters. The van der Waals surface area contributed by atoms with Crippen LogP contribution in [0, 0.1) is 11.6 Å². The summed E-state index contributed by atoms with van der Waals surface area (Å²) in [6, 6.07) is 14.4. The van der Waals surface area contributed by atoms with Gasteiger partial charge >= 0.3 is 0 Å². The number of amides is 1. The standard InChI is InChI=1S/C25H24F2NO4P/c1-3-20-21(8-10-23(24(20)27)33(2,30)31)25(29)28-11-12-32-22-9-7-17(13-18(22)15-28)16-5-4-6-19(26)14-16/h4-10,13-14H,3,11-12,15H2,1-2H3,(H,30,31). The molecule has 1 heterocycles. The van der Waals surface area contributed by atoms with Crippen LogP contribution in [0.3, 0.4) is 0 Å². The van der Waals surface area contributed by atoms with Crippen molar-refractivity contribution in [3.05, 3.63) is 82.9 Å². The number of fused-ring (bicyclic) bond motifs is 1. The minimum Gasteiger partial charge on any atom is -0.491 e. The molecule has 33 heavy (non-hydrogen) atoms. The lowest BCUT2D eigenvalue weighted by Crippen LogP contribution is -2.33. The van der Waals surface area contributed by atoms with Crippen molar-refractivity contribution in [1.29, 1.82) is 0 Å². The summed E-state index contributed by atoms with van der Waals surface area (Å²) in [6.45, 7) is 3.56.